The molecule has 3 aliphatic rings. The van der Waals surface area contributed by atoms with Gasteiger partial charge in [0.2, 0.25) is 5.78 Å². The SMILES string of the molecule is Cc1ccc(OC(=O)Nc2ccc(O)c3c2CC2CC4C(N(C)C)C(O)=C(C(N)=O)C(=O)C4(O)C(O)=C2C3=O)cc1. The number of hydrogen-bond donors (Lipinski definition) is 6. The molecule has 4 unspecified atom stereocenters. The average molecular weight is 564 g/mol. The lowest BCUT2D eigenvalue weighted by Crippen LogP contribution is -2.63. The third kappa shape index (κ3) is 4.23. The number of amides is 2. The van der Waals surface area contributed by atoms with Crippen LogP contribution in [0.2, 0.25) is 0 Å². The zero-order chi connectivity index (χ0) is 30.0. The van der Waals surface area contributed by atoms with Crippen molar-refractivity contribution >= 4 is 29.3 Å². The molecule has 12 heteroatoms. The summed E-state index contributed by atoms with van der Waals surface area (Å²) in [7, 11) is 3.10. The summed E-state index contributed by atoms with van der Waals surface area (Å²) in [6.45, 7) is 1.88. The molecule has 0 radical (unpaired) electrons. The van der Waals surface area contributed by atoms with E-state index in [9.17, 15) is 39.6 Å². The van der Waals surface area contributed by atoms with E-state index < -0.39 is 69.9 Å². The summed E-state index contributed by atoms with van der Waals surface area (Å²) >= 11 is 0. The second-order valence-corrected chi connectivity index (χ2v) is 10.8. The molecule has 4 atom stereocenters. The molecule has 41 heavy (non-hydrogen) atoms. The quantitative estimate of drug-likeness (QED) is 0.236. The number of fused-ring (bicyclic) bond motifs is 3. The number of carbonyl (C=O) groups excluding carboxylic acids is 4. The zero-order valence-corrected chi connectivity index (χ0v) is 22.5. The van der Waals surface area contributed by atoms with Gasteiger partial charge in [-0.2, -0.15) is 0 Å². The zero-order valence-electron chi connectivity index (χ0n) is 22.5. The van der Waals surface area contributed by atoms with E-state index in [1.54, 1.807) is 38.4 Å². The van der Waals surface area contributed by atoms with E-state index >= 15 is 0 Å². The standard InChI is InChI=1S/C29H29N3O9/c1-12-4-6-14(7-5-12)41-28(39)31-17-8-9-18(33)20-15(17)10-13-11-16-22(32(2)3)24(35)21(27(30)38)26(37)29(16,40)25(36)19(13)23(20)34/h4-9,13,16,22,33,35-36,40H,10-11H2,1-3H3,(H2,30,38)(H,31,39). The lowest BCUT2D eigenvalue weighted by atomic mass is 9.58. The van der Waals surface area contributed by atoms with Crippen LogP contribution in [-0.2, 0) is 16.0 Å². The molecule has 0 saturated heterocycles. The summed E-state index contributed by atoms with van der Waals surface area (Å²) in [5, 5.41) is 47.1. The number of nitrogens with one attached hydrogen (secondary N) is 1. The molecule has 3 aliphatic carbocycles. The Kier molecular flexibility index (Phi) is 6.63. The van der Waals surface area contributed by atoms with Gasteiger partial charge in [0.15, 0.2) is 11.4 Å². The molecule has 7 N–H and O–H groups in total. The van der Waals surface area contributed by atoms with Crippen molar-refractivity contribution in [3.05, 3.63) is 75.8 Å². The van der Waals surface area contributed by atoms with Crippen LogP contribution in [0.3, 0.4) is 0 Å². The summed E-state index contributed by atoms with van der Waals surface area (Å²) < 4.78 is 5.33. The first-order chi connectivity index (χ1) is 19.3. The number of ketones is 2. The Balaban J connectivity index is 1.57. The fourth-order valence-electron chi connectivity index (χ4n) is 6.22. The maximum Gasteiger partial charge on any atom is 0.417 e. The van der Waals surface area contributed by atoms with Crippen LogP contribution in [0, 0.1) is 18.8 Å². The number of anilines is 1. The Morgan fingerprint density at radius 1 is 1.07 bits per heavy atom. The van der Waals surface area contributed by atoms with Crippen molar-refractivity contribution < 1.29 is 44.3 Å². The molecule has 0 bridgehead atoms. The highest BCUT2D eigenvalue weighted by Gasteiger charge is 2.63. The third-order valence-corrected chi connectivity index (χ3v) is 8.07. The molecule has 0 saturated carbocycles. The lowest BCUT2D eigenvalue weighted by molar-refractivity contribution is -0.148. The Bertz CT molecular complexity index is 1570. The summed E-state index contributed by atoms with van der Waals surface area (Å²) in [5.74, 6) is -7.17. The van der Waals surface area contributed by atoms with Gasteiger partial charge in [-0.15, -0.1) is 0 Å². The topological polar surface area (TPSA) is 200 Å². The largest absolute Gasteiger partial charge is 0.510 e. The first kappa shape index (κ1) is 27.9. The van der Waals surface area contributed by atoms with Crippen LogP contribution in [-0.4, -0.2) is 74.6 Å². The number of hydrogen-bond acceptors (Lipinski definition) is 10. The number of likely N-dealkylation sites (N-methyl/N-ethyl adjacent to an activating group) is 1. The smallest absolute Gasteiger partial charge is 0.417 e. The van der Waals surface area contributed by atoms with E-state index in [-0.39, 0.29) is 35.2 Å². The summed E-state index contributed by atoms with van der Waals surface area (Å²) in [4.78, 5) is 53.3. The van der Waals surface area contributed by atoms with Crippen molar-refractivity contribution in [2.75, 3.05) is 19.4 Å². The van der Waals surface area contributed by atoms with E-state index in [1.165, 1.54) is 17.0 Å². The fourth-order valence-corrected chi connectivity index (χ4v) is 6.22. The van der Waals surface area contributed by atoms with Crippen molar-refractivity contribution in [3.63, 3.8) is 0 Å². The second-order valence-electron chi connectivity index (χ2n) is 10.8. The van der Waals surface area contributed by atoms with E-state index in [0.717, 1.165) is 5.56 Å². The second kappa shape index (κ2) is 9.75. The number of primary amides is 1. The Morgan fingerprint density at radius 3 is 2.34 bits per heavy atom. The van der Waals surface area contributed by atoms with Crippen LogP contribution in [0.5, 0.6) is 11.5 Å². The minimum Gasteiger partial charge on any atom is -0.510 e. The molecule has 214 valence electrons. The molecule has 2 aromatic rings. The maximum absolute atomic E-state index is 13.8. The van der Waals surface area contributed by atoms with Crippen LogP contribution >= 0.6 is 0 Å². The first-order valence-corrected chi connectivity index (χ1v) is 12.8. The summed E-state index contributed by atoms with van der Waals surface area (Å²) in [5.41, 5.74) is 2.65. The highest BCUT2D eigenvalue weighted by atomic mass is 16.6. The van der Waals surface area contributed by atoms with E-state index in [1.807, 2.05) is 6.92 Å². The number of aliphatic hydroxyl groups excluding tert-OH is 2. The molecule has 0 aromatic heterocycles. The minimum absolute atomic E-state index is 0.0169. The lowest BCUT2D eigenvalue weighted by Gasteiger charge is -2.50. The van der Waals surface area contributed by atoms with Gasteiger partial charge in [-0.25, -0.2) is 4.79 Å². The van der Waals surface area contributed by atoms with Crippen molar-refractivity contribution in [1.82, 2.24) is 4.90 Å². The molecular weight excluding hydrogens is 534 g/mol. The van der Waals surface area contributed by atoms with Crippen LogP contribution in [0.25, 0.3) is 0 Å². The van der Waals surface area contributed by atoms with Gasteiger partial charge in [0.05, 0.1) is 11.6 Å². The van der Waals surface area contributed by atoms with Crippen LogP contribution < -0.4 is 15.8 Å². The molecule has 0 spiro atoms. The van der Waals surface area contributed by atoms with Gasteiger partial charge >= 0.3 is 6.09 Å². The molecule has 2 amide bonds. The van der Waals surface area contributed by atoms with Gasteiger partial charge in [0.1, 0.15) is 28.6 Å². The third-order valence-electron chi connectivity index (χ3n) is 8.07. The van der Waals surface area contributed by atoms with Gasteiger partial charge in [0.25, 0.3) is 5.91 Å². The number of nitrogens with zero attached hydrogens (tertiary/aromatic N) is 1. The van der Waals surface area contributed by atoms with Gasteiger partial charge in [-0.05, 0) is 69.6 Å². The predicted octanol–water partition coefficient (Wildman–Crippen LogP) is 2.04. The first-order valence-electron chi connectivity index (χ1n) is 12.8. The summed E-state index contributed by atoms with van der Waals surface area (Å²) in [6, 6.07) is 8.27. The number of carbonyl (C=O) groups is 4. The number of Topliss-reactive ketones (excluding diaryl/α,β-unsaturated/α-hetero) is 2. The number of aryl methyl sites for hydroxylation is 1. The number of phenolic OH excluding ortho intramolecular Hbond substituents is 1. The Labute approximate surface area is 234 Å². The van der Waals surface area contributed by atoms with Crippen molar-refractivity contribution in [3.8, 4) is 11.5 Å². The number of nitrogens with two attached hydrogens (primary N) is 1. The molecule has 2 aromatic carbocycles. The summed E-state index contributed by atoms with van der Waals surface area (Å²) in [6.07, 6.45) is -0.895. The van der Waals surface area contributed by atoms with Crippen molar-refractivity contribution in [1.29, 1.82) is 0 Å². The minimum atomic E-state index is -2.73. The normalized spacial score (nSPS) is 25.4. The van der Waals surface area contributed by atoms with Crippen LogP contribution in [0.1, 0.15) is 27.9 Å². The van der Waals surface area contributed by atoms with Crippen molar-refractivity contribution in [2.45, 2.75) is 31.4 Å². The van der Waals surface area contributed by atoms with Gasteiger partial charge in [-0.1, -0.05) is 17.7 Å². The number of rotatable bonds is 4. The molecule has 12 nitrogen and oxygen atoms in total. The van der Waals surface area contributed by atoms with Gasteiger partial charge < -0.3 is 30.9 Å². The Hall–Kier alpha value is -4.68. The molecule has 0 fully saturated rings. The highest BCUT2D eigenvalue weighted by Crippen LogP contribution is 2.52. The van der Waals surface area contributed by atoms with E-state index in [0.29, 0.717) is 5.75 Å². The Morgan fingerprint density at radius 2 is 1.73 bits per heavy atom. The number of aromatic hydroxyl groups is 1. The van der Waals surface area contributed by atoms with Gasteiger partial charge in [0, 0.05) is 17.2 Å². The number of aliphatic hydroxyl groups is 3. The molecular formula is C29H29N3O9. The molecule has 5 rings (SSSR count). The predicted molar refractivity (Wildman–Crippen MR) is 144 cm³/mol. The van der Waals surface area contributed by atoms with Gasteiger partial charge in [-0.3, -0.25) is 24.6 Å². The fraction of sp³-hybridized carbons (Fsp3) is 0.310. The number of ether oxygens (including phenoxy) is 1. The maximum atomic E-state index is 13.8. The van der Waals surface area contributed by atoms with Crippen LogP contribution in [0.4, 0.5) is 10.5 Å². The molecule has 0 heterocycles. The van der Waals surface area contributed by atoms with E-state index in [2.05, 4.69) is 5.32 Å². The monoisotopic (exact) mass is 563 g/mol. The van der Waals surface area contributed by atoms with Crippen molar-refractivity contribution in [2.24, 2.45) is 17.6 Å². The highest BCUT2D eigenvalue weighted by molar-refractivity contribution is 6.25. The number of phenols is 1. The average Bonchev–Trinajstić information content (AvgIpc) is 2.89. The van der Waals surface area contributed by atoms with Crippen LogP contribution in [0.15, 0.2) is 59.1 Å². The molecule has 0 aliphatic heterocycles. The number of allylic oxidation sites excluding steroid dienone is 1. The number of benzene rings is 2. The van der Waals surface area contributed by atoms with E-state index in [4.69, 9.17) is 10.5 Å².